The molecule has 1 atom stereocenters. The van der Waals surface area contributed by atoms with Crippen molar-refractivity contribution in [3.8, 4) is 6.07 Å². The third-order valence-corrected chi connectivity index (χ3v) is 0.651. The lowest BCUT2D eigenvalue weighted by Gasteiger charge is -1.84. The van der Waals surface area contributed by atoms with Crippen molar-refractivity contribution in [2.45, 2.75) is 0 Å². The Labute approximate surface area is 41.3 Å². The summed E-state index contributed by atoms with van der Waals surface area (Å²) < 4.78 is 13.5. The van der Waals surface area contributed by atoms with Gasteiger partial charge >= 0.3 is 8.25 Å². The number of hydrogen-bond acceptors (Lipinski definition) is 3. The van der Waals surface area contributed by atoms with Gasteiger partial charge in [-0.25, -0.2) is 0 Å². The zero-order chi connectivity index (χ0) is 5.70. The van der Waals surface area contributed by atoms with Crippen molar-refractivity contribution in [2.24, 2.45) is 0 Å². The Morgan fingerprint density at radius 1 is 2.00 bits per heavy atom. The molecule has 40 valence electrons. The smallest absolute Gasteiger partial charge is 0.317 e. The molecule has 0 amide bonds. The monoisotopic (exact) mass is 121 g/mol. The highest BCUT2D eigenvalue weighted by atomic mass is 31.1. The molecule has 0 heterocycles. The number of hydrogen-bond donors (Lipinski definition) is 1. The third kappa shape index (κ3) is 5.64. The minimum absolute atomic E-state index is 0.311. The summed E-state index contributed by atoms with van der Waals surface area (Å²) in [5, 5.41) is 7.71. The molecule has 0 saturated heterocycles. The largest absolute Gasteiger partial charge is 0.326 e. The van der Waals surface area contributed by atoms with E-state index in [2.05, 4.69) is 4.52 Å². The molecular formula is C2H4NO3P. The fraction of sp³-hybridized carbons (Fsp3) is 0.500. The molecule has 0 aromatic rings. The van der Waals surface area contributed by atoms with Crippen LogP contribution < -0.4 is 0 Å². The van der Waals surface area contributed by atoms with Crippen LogP contribution in [-0.2, 0) is 9.09 Å². The van der Waals surface area contributed by atoms with E-state index >= 15 is 0 Å². The van der Waals surface area contributed by atoms with Gasteiger partial charge in [-0.1, -0.05) is 0 Å². The number of rotatable bonds is 2. The first kappa shape index (κ1) is 6.64. The lowest BCUT2D eigenvalue weighted by molar-refractivity contribution is 0.316. The molecule has 0 radical (unpaired) electrons. The molecule has 0 aromatic carbocycles. The molecule has 0 aliphatic rings. The molecule has 1 unspecified atom stereocenters. The van der Waals surface area contributed by atoms with Gasteiger partial charge in [-0.2, -0.15) is 5.26 Å². The summed E-state index contributed by atoms with van der Waals surface area (Å²) in [6, 6.07) is 1.54. The average Bonchev–Trinajstić information content (AvgIpc) is 1.61. The topological polar surface area (TPSA) is 70.3 Å². The van der Waals surface area contributed by atoms with E-state index in [4.69, 9.17) is 10.2 Å². The third-order valence-electron chi connectivity index (χ3n) is 0.260. The van der Waals surface area contributed by atoms with Crippen LogP contribution in [0.25, 0.3) is 0 Å². The van der Waals surface area contributed by atoms with Crippen LogP contribution in [0.1, 0.15) is 0 Å². The van der Waals surface area contributed by atoms with E-state index in [-0.39, 0.29) is 6.61 Å². The van der Waals surface area contributed by atoms with E-state index in [9.17, 15) is 4.57 Å². The Morgan fingerprint density at radius 2 is 2.57 bits per heavy atom. The summed E-state index contributed by atoms with van der Waals surface area (Å²) in [6.45, 7) is -0.311. The molecule has 0 aromatic heterocycles. The van der Waals surface area contributed by atoms with Crippen LogP contribution in [0.15, 0.2) is 0 Å². The van der Waals surface area contributed by atoms with Gasteiger partial charge < -0.3 is 4.89 Å². The minimum Gasteiger partial charge on any atom is -0.326 e. The van der Waals surface area contributed by atoms with E-state index in [0.29, 0.717) is 0 Å². The molecule has 7 heavy (non-hydrogen) atoms. The highest BCUT2D eigenvalue weighted by molar-refractivity contribution is 7.32. The summed E-state index contributed by atoms with van der Waals surface area (Å²) in [5.74, 6) is 0. The first-order valence-corrected chi connectivity index (χ1v) is 2.76. The Kier molecular flexibility index (Phi) is 3.62. The highest BCUT2D eigenvalue weighted by Gasteiger charge is 1.85. The van der Waals surface area contributed by atoms with Gasteiger partial charge in [0.15, 0.2) is 0 Å². The molecule has 0 aliphatic heterocycles. The van der Waals surface area contributed by atoms with Crippen molar-refractivity contribution in [2.75, 3.05) is 6.61 Å². The van der Waals surface area contributed by atoms with Gasteiger partial charge in [0.25, 0.3) is 0 Å². The minimum atomic E-state index is -2.87. The predicted molar refractivity (Wildman–Crippen MR) is 22.8 cm³/mol. The van der Waals surface area contributed by atoms with Crippen molar-refractivity contribution < 1.29 is 14.0 Å². The summed E-state index contributed by atoms with van der Waals surface area (Å²) in [6.07, 6.45) is 0. The predicted octanol–water partition coefficient (Wildman–Crippen LogP) is -0.0914. The Hall–Kier alpha value is -0.360. The second-order valence-corrected chi connectivity index (χ2v) is 1.53. The van der Waals surface area contributed by atoms with E-state index < -0.39 is 8.25 Å². The quantitative estimate of drug-likeness (QED) is 0.518. The van der Waals surface area contributed by atoms with E-state index in [1.54, 1.807) is 6.07 Å². The van der Waals surface area contributed by atoms with E-state index in [1.807, 2.05) is 0 Å². The van der Waals surface area contributed by atoms with Crippen LogP contribution in [0.2, 0.25) is 0 Å². The first-order valence-electron chi connectivity index (χ1n) is 1.50. The lowest BCUT2D eigenvalue weighted by Crippen LogP contribution is -1.76. The maximum Gasteiger partial charge on any atom is 0.317 e. The van der Waals surface area contributed by atoms with Crippen molar-refractivity contribution >= 4 is 8.25 Å². The summed E-state index contributed by atoms with van der Waals surface area (Å²) in [4.78, 5) is 7.86. The Bertz CT molecular complexity index is 106. The standard InChI is InChI=1S/C2H4NO3P/c3-1-2-6-7(4)5/h7H,2H2,(H,4,5). The zero-order valence-corrected chi connectivity index (χ0v) is 4.42. The number of nitrogens with zero attached hydrogens (tertiary/aromatic N) is 1. The first-order chi connectivity index (χ1) is 3.27. The van der Waals surface area contributed by atoms with Crippen molar-refractivity contribution in [3.05, 3.63) is 0 Å². The van der Waals surface area contributed by atoms with Gasteiger partial charge in [0.1, 0.15) is 6.61 Å². The molecule has 0 aliphatic carbocycles. The van der Waals surface area contributed by atoms with Gasteiger partial charge in [-0.15, -0.1) is 0 Å². The Balaban J connectivity index is 3.02. The number of nitriles is 1. The van der Waals surface area contributed by atoms with Gasteiger partial charge in [-0.05, 0) is 0 Å². The highest BCUT2D eigenvalue weighted by Crippen LogP contribution is 2.12. The van der Waals surface area contributed by atoms with E-state index in [0.717, 1.165) is 0 Å². The van der Waals surface area contributed by atoms with Crippen LogP contribution >= 0.6 is 8.25 Å². The van der Waals surface area contributed by atoms with Crippen molar-refractivity contribution in [1.82, 2.24) is 0 Å². The maximum atomic E-state index is 9.57. The molecule has 1 N–H and O–H groups in total. The van der Waals surface area contributed by atoms with Gasteiger partial charge in [-0.3, -0.25) is 9.09 Å². The zero-order valence-electron chi connectivity index (χ0n) is 3.42. The molecule has 0 bridgehead atoms. The van der Waals surface area contributed by atoms with Crippen LogP contribution in [0.4, 0.5) is 0 Å². The fourth-order valence-corrected chi connectivity index (χ4v) is 0.282. The van der Waals surface area contributed by atoms with Crippen LogP contribution in [0, 0.1) is 11.3 Å². The van der Waals surface area contributed by atoms with Gasteiger partial charge in [0.2, 0.25) is 0 Å². The summed E-state index contributed by atoms with van der Waals surface area (Å²) in [7, 11) is -2.87. The molecule has 0 spiro atoms. The maximum absolute atomic E-state index is 9.57. The van der Waals surface area contributed by atoms with Crippen LogP contribution in [0.3, 0.4) is 0 Å². The second kappa shape index (κ2) is 3.82. The second-order valence-electron chi connectivity index (χ2n) is 0.713. The average molecular weight is 121 g/mol. The molecule has 0 rings (SSSR count). The van der Waals surface area contributed by atoms with Gasteiger partial charge in [0, 0.05) is 0 Å². The van der Waals surface area contributed by atoms with Gasteiger partial charge in [0.05, 0.1) is 6.07 Å². The summed E-state index contributed by atoms with van der Waals surface area (Å²) >= 11 is 0. The van der Waals surface area contributed by atoms with Crippen molar-refractivity contribution in [1.29, 1.82) is 5.26 Å². The summed E-state index contributed by atoms with van der Waals surface area (Å²) in [5.41, 5.74) is 0. The molecular weight excluding hydrogens is 117 g/mol. The normalized spacial score (nSPS) is 12.6. The van der Waals surface area contributed by atoms with Crippen molar-refractivity contribution in [3.63, 3.8) is 0 Å². The van der Waals surface area contributed by atoms with Crippen LogP contribution in [-0.4, -0.2) is 11.5 Å². The lowest BCUT2D eigenvalue weighted by atomic mass is 10.9. The molecule has 0 saturated carbocycles. The molecule has 0 fully saturated rings. The molecule has 5 heteroatoms. The SMILES string of the molecule is N#CCO[PH](=O)O. The van der Waals surface area contributed by atoms with Crippen LogP contribution in [0.5, 0.6) is 0 Å². The van der Waals surface area contributed by atoms with E-state index in [1.165, 1.54) is 0 Å². The fourth-order valence-electron chi connectivity index (χ4n) is 0.0940. The Morgan fingerprint density at radius 3 is 2.71 bits per heavy atom. The molecule has 4 nitrogen and oxygen atoms in total.